The third-order valence-corrected chi connectivity index (χ3v) is 2.12. The number of carboxylic acids is 1. The molecule has 1 unspecified atom stereocenters. The second-order valence-electron chi connectivity index (χ2n) is 3.62. The van der Waals surface area contributed by atoms with E-state index in [4.69, 9.17) is 5.11 Å². The maximum absolute atomic E-state index is 11.9. The molecule has 104 valence electrons. The van der Waals surface area contributed by atoms with Gasteiger partial charge < -0.3 is 15.2 Å². The SMILES string of the molecule is CC(C(=O)O)C(=O)Nc1ccc(OC(F)(F)F)cc1. The Morgan fingerprint density at radius 2 is 1.79 bits per heavy atom. The Morgan fingerprint density at radius 1 is 1.26 bits per heavy atom. The highest BCUT2D eigenvalue weighted by atomic mass is 19.4. The molecule has 19 heavy (non-hydrogen) atoms. The standard InChI is InChI=1S/C11H10F3NO4/c1-6(10(17)18)9(16)15-7-2-4-8(5-3-7)19-11(12,13)14/h2-6H,1H3,(H,15,16)(H,17,18). The van der Waals surface area contributed by atoms with Gasteiger partial charge in [-0.05, 0) is 31.2 Å². The van der Waals surface area contributed by atoms with E-state index in [0.29, 0.717) is 0 Å². The topological polar surface area (TPSA) is 75.6 Å². The van der Waals surface area contributed by atoms with Gasteiger partial charge in [-0.3, -0.25) is 9.59 Å². The van der Waals surface area contributed by atoms with Gasteiger partial charge in [-0.25, -0.2) is 0 Å². The minimum atomic E-state index is -4.79. The molecule has 0 saturated carbocycles. The van der Waals surface area contributed by atoms with Crippen molar-refractivity contribution in [2.45, 2.75) is 13.3 Å². The molecule has 1 amide bonds. The lowest BCUT2D eigenvalue weighted by Crippen LogP contribution is -2.26. The van der Waals surface area contributed by atoms with Gasteiger partial charge in [0.05, 0.1) is 0 Å². The number of alkyl halides is 3. The summed E-state index contributed by atoms with van der Waals surface area (Å²) in [5.41, 5.74) is 0.174. The first kappa shape index (κ1) is 14.8. The van der Waals surface area contributed by atoms with Crippen molar-refractivity contribution >= 4 is 17.6 Å². The van der Waals surface area contributed by atoms with E-state index in [-0.39, 0.29) is 5.69 Å². The fourth-order valence-corrected chi connectivity index (χ4v) is 1.10. The summed E-state index contributed by atoms with van der Waals surface area (Å²) >= 11 is 0. The van der Waals surface area contributed by atoms with Crippen LogP contribution in [0.15, 0.2) is 24.3 Å². The van der Waals surface area contributed by atoms with Crippen LogP contribution in [0, 0.1) is 5.92 Å². The lowest BCUT2D eigenvalue weighted by Gasteiger charge is -2.11. The quantitative estimate of drug-likeness (QED) is 0.827. The van der Waals surface area contributed by atoms with Crippen molar-refractivity contribution < 1.29 is 32.6 Å². The number of ether oxygens (including phenoxy) is 1. The molecule has 1 aromatic carbocycles. The number of aliphatic carboxylic acids is 1. The van der Waals surface area contributed by atoms with Gasteiger partial charge in [-0.2, -0.15) is 0 Å². The molecule has 8 heteroatoms. The molecule has 5 nitrogen and oxygen atoms in total. The summed E-state index contributed by atoms with van der Waals surface area (Å²) in [5, 5.41) is 10.9. The van der Waals surface area contributed by atoms with E-state index in [0.717, 1.165) is 12.1 Å². The Kier molecular flexibility index (Phi) is 4.36. The maximum atomic E-state index is 11.9. The zero-order valence-electron chi connectivity index (χ0n) is 9.69. The highest BCUT2D eigenvalue weighted by Crippen LogP contribution is 2.24. The van der Waals surface area contributed by atoms with Crippen LogP contribution in [-0.2, 0) is 9.59 Å². The summed E-state index contributed by atoms with van der Waals surface area (Å²) in [4.78, 5) is 21.9. The first-order chi connectivity index (χ1) is 8.69. The van der Waals surface area contributed by atoms with Gasteiger partial charge in [0, 0.05) is 5.69 Å². The Labute approximate surface area is 106 Å². The summed E-state index contributed by atoms with van der Waals surface area (Å²) in [5.74, 6) is -3.76. The molecule has 0 radical (unpaired) electrons. The third-order valence-electron chi connectivity index (χ3n) is 2.12. The van der Waals surface area contributed by atoms with E-state index in [2.05, 4.69) is 10.1 Å². The molecule has 0 bridgehead atoms. The maximum Gasteiger partial charge on any atom is 0.573 e. The molecule has 0 heterocycles. The number of carbonyl (C=O) groups excluding carboxylic acids is 1. The second kappa shape index (κ2) is 5.59. The average Bonchev–Trinajstić information content (AvgIpc) is 2.28. The van der Waals surface area contributed by atoms with Gasteiger partial charge in [0.15, 0.2) is 0 Å². The number of nitrogens with one attached hydrogen (secondary N) is 1. The summed E-state index contributed by atoms with van der Waals surface area (Å²) in [6.45, 7) is 1.19. The average molecular weight is 277 g/mol. The molecule has 0 aromatic heterocycles. The van der Waals surface area contributed by atoms with Crippen LogP contribution in [0.1, 0.15) is 6.92 Å². The lowest BCUT2D eigenvalue weighted by atomic mass is 10.1. The predicted octanol–water partition coefficient (Wildman–Crippen LogP) is 2.24. The number of carboxylic acid groups (broad SMARTS) is 1. The molecule has 0 aliphatic rings. The van der Waals surface area contributed by atoms with Crippen molar-refractivity contribution in [3.05, 3.63) is 24.3 Å². The number of hydrogen-bond donors (Lipinski definition) is 2. The molecule has 0 fully saturated rings. The molecular formula is C11H10F3NO4. The van der Waals surface area contributed by atoms with Gasteiger partial charge in [0.1, 0.15) is 11.7 Å². The van der Waals surface area contributed by atoms with E-state index in [9.17, 15) is 22.8 Å². The largest absolute Gasteiger partial charge is 0.573 e. The van der Waals surface area contributed by atoms with Crippen molar-refractivity contribution in [1.82, 2.24) is 0 Å². The summed E-state index contributed by atoms with van der Waals surface area (Å²) < 4.78 is 39.3. The molecule has 1 atom stereocenters. The smallest absolute Gasteiger partial charge is 0.481 e. The first-order valence-electron chi connectivity index (χ1n) is 5.08. The first-order valence-corrected chi connectivity index (χ1v) is 5.08. The van der Waals surface area contributed by atoms with Gasteiger partial charge in [-0.15, -0.1) is 13.2 Å². The number of benzene rings is 1. The molecular weight excluding hydrogens is 267 g/mol. The van der Waals surface area contributed by atoms with Gasteiger partial charge in [0.25, 0.3) is 0 Å². The molecule has 2 N–H and O–H groups in total. The molecule has 0 spiro atoms. The third kappa shape index (κ3) is 4.86. The van der Waals surface area contributed by atoms with E-state index in [1.54, 1.807) is 0 Å². The van der Waals surface area contributed by atoms with Gasteiger partial charge in [-0.1, -0.05) is 0 Å². The monoisotopic (exact) mass is 277 g/mol. The summed E-state index contributed by atoms with van der Waals surface area (Å²) in [6, 6.07) is 4.37. The molecule has 0 aliphatic carbocycles. The summed E-state index contributed by atoms with van der Waals surface area (Å²) in [7, 11) is 0. The van der Waals surface area contributed by atoms with Crippen molar-refractivity contribution in [1.29, 1.82) is 0 Å². The van der Waals surface area contributed by atoms with Crippen LogP contribution >= 0.6 is 0 Å². The zero-order chi connectivity index (χ0) is 14.6. The van der Waals surface area contributed by atoms with Crippen LogP contribution in [0.2, 0.25) is 0 Å². The zero-order valence-corrected chi connectivity index (χ0v) is 9.69. The number of halogens is 3. The fourth-order valence-electron chi connectivity index (χ4n) is 1.10. The van der Waals surface area contributed by atoms with Crippen LogP contribution in [0.3, 0.4) is 0 Å². The van der Waals surface area contributed by atoms with E-state index in [1.807, 2.05) is 0 Å². The van der Waals surface area contributed by atoms with Crippen molar-refractivity contribution in [3.8, 4) is 5.75 Å². The lowest BCUT2D eigenvalue weighted by molar-refractivity contribution is -0.274. The number of rotatable bonds is 4. The molecule has 0 saturated heterocycles. The summed E-state index contributed by atoms with van der Waals surface area (Å²) in [6.07, 6.45) is -4.79. The fraction of sp³-hybridized carbons (Fsp3) is 0.273. The molecule has 0 aliphatic heterocycles. The normalized spacial score (nSPS) is 12.6. The van der Waals surface area contributed by atoms with Crippen LogP contribution < -0.4 is 10.1 Å². The Balaban J connectivity index is 2.67. The second-order valence-corrected chi connectivity index (χ2v) is 3.62. The van der Waals surface area contributed by atoms with Gasteiger partial charge in [0.2, 0.25) is 5.91 Å². The van der Waals surface area contributed by atoms with Crippen LogP contribution in [0.25, 0.3) is 0 Å². The Hall–Kier alpha value is -2.25. The minimum absolute atomic E-state index is 0.174. The Morgan fingerprint density at radius 3 is 2.21 bits per heavy atom. The highest BCUT2D eigenvalue weighted by Gasteiger charge is 2.31. The molecule has 1 rings (SSSR count). The molecule has 1 aromatic rings. The van der Waals surface area contributed by atoms with Crippen LogP contribution in [0.5, 0.6) is 5.75 Å². The van der Waals surface area contributed by atoms with Crippen molar-refractivity contribution in [2.75, 3.05) is 5.32 Å². The van der Waals surface area contributed by atoms with Crippen LogP contribution in [0.4, 0.5) is 18.9 Å². The van der Waals surface area contributed by atoms with Gasteiger partial charge >= 0.3 is 12.3 Å². The van der Waals surface area contributed by atoms with E-state index in [1.165, 1.54) is 19.1 Å². The number of carbonyl (C=O) groups is 2. The number of amides is 1. The van der Waals surface area contributed by atoms with Crippen molar-refractivity contribution in [3.63, 3.8) is 0 Å². The van der Waals surface area contributed by atoms with E-state index >= 15 is 0 Å². The van der Waals surface area contributed by atoms with Crippen LogP contribution in [-0.4, -0.2) is 23.3 Å². The van der Waals surface area contributed by atoms with E-state index < -0.39 is 29.9 Å². The Bertz CT molecular complexity index is 470. The van der Waals surface area contributed by atoms with Crippen molar-refractivity contribution in [2.24, 2.45) is 5.92 Å². The minimum Gasteiger partial charge on any atom is -0.481 e. The predicted molar refractivity (Wildman–Crippen MR) is 58.6 cm³/mol. The highest BCUT2D eigenvalue weighted by molar-refractivity contribution is 6.03. The number of anilines is 1. The number of hydrogen-bond acceptors (Lipinski definition) is 3.